The van der Waals surface area contributed by atoms with Gasteiger partial charge in [-0.3, -0.25) is 0 Å². The fraction of sp³-hybridized carbons (Fsp3) is 0.586. The number of piperidine rings is 1. The number of nitrogens with zero attached hydrogens (tertiary/aromatic N) is 3. The molecule has 38 heavy (non-hydrogen) atoms. The number of nitrogens with one attached hydrogen (secondary N) is 1. The van der Waals surface area contributed by atoms with E-state index in [0.29, 0.717) is 36.6 Å². The number of hydrogen-bond donors (Lipinski definition) is 1. The first-order valence-corrected chi connectivity index (χ1v) is 13.6. The van der Waals surface area contributed by atoms with Crippen LogP contribution in [0, 0.1) is 6.92 Å². The molecule has 2 atom stereocenters. The number of benzene rings is 1. The van der Waals surface area contributed by atoms with E-state index in [0.717, 1.165) is 86.3 Å². The number of alkyl halides is 3. The Balaban J connectivity index is 1.30. The van der Waals surface area contributed by atoms with Crippen molar-refractivity contribution in [1.29, 1.82) is 0 Å². The van der Waals surface area contributed by atoms with Crippen LogP contribution >= 0.6 is 0 Å². The van der Waals surface area contributed by atoms with Gasteiger partial charge in [0.25, 0.3) is 0 Å². The van der Waals surface area contributed by atoms with Crippen molar-refractivity contribution < 1.29 is 22.6 Å². The summed E-state index contributed by atoms with van der Waals surface area (Å²) >= 11 is 0. The van der Waals surface area contributed by atoms with Crippen molar-refractivity contribution >= 4 is 5.70 Å². The second-order valence-corrected chi connectivity index (χ2v) is 10.8. The second kappa shape index (κ2) is 11.3. The SMILES string of the molecule is C=C(c1nc(C2CC2)nc(Cc2cccc(C(F)(F)F)c2)c1C)N1CCC(N[C@@H]2CCOC[C@@H]2OC)CC1. The summed E-state index contributed by atoms with van der Waals surface area (Å²) in [5, 5.41) is 3.79. The van der Waals surface area contributed by atoms with Crippen LogP contribution in [0.1, 0.15) is 71.9 Å². The molecule has 1 aromatic carbocycles. The molecule has 1 aliphatic carbocycles. The molecule has 3 heterocycles. The number of rotatable bonds is 8. The molecular formula is C29H37F3N4O2. The summed E-state index contributed by atoms with van der Waals surface area (Å²) in [5.41, 5.74) is 3.31. The maximum absolute atomic E-state index is 13.3. The molecular weight excluding hydrogens is 493 g/mol. The standard InChI is InChI=1S/C29H37F3N4O2/c1-18-25(16-20-5-4-6-22(15-20)29(30,31)32)34-28(21-7-8-21)35-27(18)19(2)36-12-9-23(10-13-36)33-24-11-14-38-17-26(24)37-3/h4-6,15,21,23-24,26,33H,2,7-14,16-17H2,1,3H3/t24-,26+/m1/s1. The third-order valence-corrected chi connectivity index (χ3v) is 8.04. The van der Waals surface area contributed by atoms with Gasteiger partial charge in [-0.05, 0) is 56.2 Å². The third kappa shape index (κ3) is 6.21. The van der Waals surface area contributed by atoms with Crippen LogP contribution in [-0.2, 0) is 22.1 Å². The predicted molar refractivity (Wildman–Crippen MR) is 140 cm³/mol. The van der Waals surface area contributed by atoms with Gasteiger partial charge >= 0.3 is 6.18 Å². The highest BCUT2D eigenvalue weighted by atomic mass is 19.4. The normalized spacial score (nSPS) is 23.0. The van der Waals surface area contributed by atoms with E-state index in [2.05, 4.69) is 16.8 Å². The Bertz CT molecular complexity index is 1140. The van der Waals surface area contributed by atoms with Crippen LogP contribution in [0.5, 0.6) is 0 Å². The zero-order valence-electron chi connectivity index (χ0n) is 22.2. The van der Waals surface area contributed by atoms with Crippen LogP contribution < -0.4 is 5.32 Å². The monoisotopic (exact) mass is 530 g/mol. The predicted octanol–water partition coefficient (Wildman–Crippen LogP) is 5.10. The highest BCUT2D eigenvalue weighted by Crippen LogP contribution is 2.39. The average molecular weight is 531 g/mol. The Morgan fingerprint density at radius 1 is 1.16 bits per heavy atom. The Morgan fingerprint density at radius 3 is 2.61 bits per heavy atom. The van der Waals surface area contributed by atoms with Gasteiger partial charge in [0.05, 0.1) is 35.4 Å². The maximum atomic E-state index is 13.3. The van der Waals surface area contributed by atoms with E-state index in [-0.39, 0.29) is 6.10 Å². The van der Waals surface area contributed by atoms with Gasteiger partial charge in [-0.25, -0.2) is 9.97 Å². The van der Waals surface area contributed by atoms with Crippen molar-refractivity contribution in [2.45, 2.75) is 75.7 Å². The Kier molecular flexibility index (Phi) is 8.07. The van der Waals surface area contributed by atoms with Gasteiger partial charge in [-0.2, -0.15) is 13.2 Å². The minimum atomic E-state index is -4.37. The zero-order valence-corrected chi connectivity index (χ0v) is 22.2. The largest absolute Gasteiger partial charge is 0.416 e. The first-order valence-electron chi connectivity index (χ1n) is 13.6. The number of methoxy groups -OCH3 is 1. The van der Waals surface area contributed by atoms with Gasteiger partial charge in [0.1, 0.15) is 5.82 Å². The van der Waals surface area contributed by atoms with Crippen LogP contribution in [0.25, 0.3) is 5.70 Å². The van der Waals surface area contributed by atoms with E-state index < -0.39 is 11.7 Å². The van der Waals surface area contributed by atoms with Crippen LogP contribution in [0.4, 0.5) is 13.2 Å². The highest BCUT2D eigenvalue weighted by molar-refractivity contribution is 5.62. The number of likely N-dealkylation sites (tertiary alicyclic amines) is 1. The molecule has 2 aromatic rings. The minimum Gasteiger partial charge on any atom is -0.379 e. The molecule has 1 aromatic heterocycles. The van der Waals surface area contributed by atoms with Gasteiger partial charge in [0.15, 0.2) is 0 Å². The molecule has 1 N–H and O–H groups in total. The van der Waals surface area contributed by atoms with Crippen molar-refractivity contribution in [1.82, 2.24) is 20.2 Å². The highest BCUT2D eigenvalue weighted by Gasteiger charge is 2.33. The van der Waals surface area contributed by atoms with Crippen molar-refractivity contribution in [3.63, 3.8) is 0 Å². The smallest absolute Gasteiger partial charge is 0.379 e. The molecule has 9 heteroatoms. The molecule has 5 rings (SSSR count). The van der Waals surface area contributed by atoms with Gasteiger partial charge in [-0.15, -0.1) is 0 Å². The molecule has 6 nitrogen and oxygen atoms in total. The van der Waals surface area contributed by atoms with Gasteiger partial charge in [-0.1, -0.05) is 24.8 Å². The van der Waals surface area contributed by atoms with E-state index in [1.54, 1.807) is 13.2 Å². The van der Waals surface area contributed by atoms with Gasteiger partial charge in [0.2, 0.25) is 0 Å². The first-order chi connectivity index (χ1) is 18.2. The molecule has 0 unspecified atom stereocenters. The molecule has 3 fully saturated rings. The molecule has 0 bridgehead atoms. The van der Waals surface area contributed by atoms with Gasteiger partial charge < -0.3 is 19.7 Å². The third-order valence-electron chi connectivity index (χ3n) is 8.04. The molecule has 2 aliphatic heterocycles. The lowest BCUT2D eigenvalue weighted by Crippen LogP contribution is -2.53. The lowest BCUT2D eigenvalue weighted by molar-refractivity contribution is -0.137. The molecule has 0 spiro atoms. The molecule has 2 saturated heterocycles. The fourth-order valence-electron chi connectivity index (χ4n) is 5.51. The van der Waals surface area contributed by atoms with Crippen LogP contribution in [0.3, 0.4) is 0 Å². The summed E-state index contributed by atoms with van der Waals surface area (Å²) in [5.74, 6) is 1.11. The second-order valence-electron chi connectivity index (χ2n) is 10.8. The van der Waals surface area contributed by atoms with Crippen LogP contribution in [0.2, 0.25) is 0 Å². The summed E-state index contributed by atoms with van der Waals surface area (Å²) < 4.78 is 51.0. The molecule has 0 amide bonds. The summed E-state index contributed by atoms with van der Waals surface area (Å²) in [4.78, 5) is 12.0. The lowest BCUT2D eigenvalue weighted by Gasteiger charge is -2.39. The van der Waals surface area contributed by atoms with Crippen molar-refractivity contribution in [2.24, 2.45) is 0 Å². The van der Waals surface area contributed by atoms with Gasteiger partial charge in [0, 0.05) is 51.2 Å². The van der Waals surface area contributed by atoms with E-state index in [4.69, 9.17) is 19.4 Å². The number of halogens is 3. The fourth-order valence-corrected chi connectivity index (χ4v) is 5.51. The van der Waals surface area contributed by atoms with Crippen molar-refractivity contribution in [3.05, 3.63) is 64.7 Å². The number of hydrogen-bond acceptors (Lipinski definition) is 6. The molecule has 206 valence electrons. The lowest BCUT2D eigenvalue weighted by atomic mass is 9.98. The number of aromatic nitrogens is 2. The Labute approximate surface area is 222 Å². The number of ether oxygens (including phenoxy) is 2. The minimum absolute atomic E-state index is 0.0801. The summed E-state index contributed by atoms with van der Waals surface area (Å²) in [6, 6.07) is 6.23. The van der Waals surface area contributed by atoms with E-state index >= 15 is 0 Å². The van der Waals surface area contributed by atoms with Crippen LogP contribution in [0.15, 0.2) is 30.8 Å². The summed E-state index contributed by atoms with van der Waals surface area (Å²) in [6.45, 7) is 9.50. The van der Waals surface area contributed by atoms with E-state index in [9.17, 15) is 13.2 Å². The molecule has 1 saturated carbocycles. The molecule has 3 aliphatic rings. The van der Waals surface area contributed by atoms with E-state index in [1.165, 1.54) is 12.1 Å². The van der Waals surface area contributed by atoms with Crippen LogP contribution in [-0.4, -0.2) is 66.5 Å². The summed E-state index contributed by atoms with van der Waals surface area (Å²) in [6.07, 6.45) is 1.06. The average Bonchev–Trinajstić information content (AvgIpc) is 3.76. The first kappa shape index (κ1) is 27.1. The van der Waals surface area contributed by atoms with E-state index in [1.807, 2.05) is 6.92 Å². The summed E-state index contributed by atoms with van der Waals surface area (Å²) in [7, 11) is 1.74. The maximum Gasteiger partial charge on any atom is 0.416 e. The van der Waals surface area contributed by atoms with Crippen molar-refractivity contribution in [2.75, 3.05) is 33.4 Å². The molecule has 0 radical (unpaired) electrons. The van der Waals surface area contributed by atoms with Crippen molar-refractivity contribution in [3.8, 4) is 0 Å². The quantitative estimate of drug-likeness (QED) is 0.513. The Hall–Kier alpha value is -2.49. The zero-order chi connectivity index (χ0) is 26.9. The topological polar surface area (TPSA) is 59.5 Å². The Morgan fingerprint density at radius 2 is 1.92 bits per heavy atom.